The number of carbonyl (C=O) groups is 1. The molecule has 0 amide bonds. The van der Waals surface area contributed by atoms with E-state index < -0.39 is 17.7 Å². The summed E-state index contributed by atoms with van der Waals surface area (Å²) in [6.07, 6.45) is -3.49. The predicted molar refractivity (Wildman–Crippen MR) is 121 cm³/mol. The highest BCUT2D eigenvalue weighted by molar-refractivity contribution is 7.19. The molecule has 0 aliphatic rings. The summed E-state index contributed by atoms with van der Waals surface area (Å²) in [6.45, 7) is 7.01. The zero-order valence-electron chi connectivity index (χ0n) is 18.6. The molecule has 1 N–H and O–H groups in total. The van der Waals surface area contributed by atoms with Crippen molar-refractivity contribution in [2.75, 3.05) is 0 Å². The summed E-state index contributed by atoms with van der Waals surface area (Å²) in [7, 11) is 0. The van der Waals surface area contributed by atoms with Crippen molar-refractivity contribution in [3.63, 3.8) is 0 Å². The van der Waals surface area contributed by atoms with Gasteiger partial charge in [0.2, 0.25) is 0 Å². The Bertz CT molecular complexity index is 1200. The molecule has 0 radical (unpaired) electrons. The summed E-state index contributed by atoms with van der Waals surface area (Å²) in [6, 6.07) is 8.90. The number of thiophene rings is 1. The first-order chi connectivity index (χ1) is 15.5. The summed E-state index contributed by atoms with van der Waals surface area (Å²) in [4.78, 5) is 21.4. The van der Waals surface area contributed by atoms with Crippen molar-refractivity contribution in [3.05, 3.63) is 63.5 Å². The summed E-state index contributed by atoms with van der Waals surface area (Å²) in [5.74, 6) is -0.0963. The van der Waals surface area contributed by atoms with E-state index in [9.17, 15) is 23.2 Å². The van der Waals surface area contributed by atoms with E-state index in [-0.39, 0.29) is 5.92 Å². The second-order valence-corrected chi connectivity index (χ2v) is 9.12. The van der Waals surface area contributed by atoms with E-state index in [0.29, 0.717) is 40.1 Å². The first-order valence-corrected chi connectivity index (χ1v) is 11.1. The fourth-order valence-corrected chi connectivity index (χ4v) is 5.07. The number of nitrogens with zero attached hydrogens (tertiary/aromatic N) is 1. The molecule has 0 aliphatic heterocycles. The highest BCUT2D eigenvalue weighted by atomic mass is 32.1. The molecule has 0 spiro atoms. The molecule has 0 saturated carbocycles. The number of rotatable bonds is 7. The molecule has 0 unspecified atom stereocenters. The van der Waals surface area contributed by atoms with E-state index in [1.807, 2.05) is 13.8 Å². The van der Waals surface area contributed by atoms with Gasteiger partial charge in [-0.05, 0) is 78.1 Å². The second-order valence-electron chi connectivity index (χ2n) is 7.99. The van der Waals surface area contributed by atoms with Crippen molar-refractivity contribution >= 4 is 33.1 Å². The van der Waals surface area contributed by atoms with Crippen LogP contribution in [0.1, 0.15) is 60.2 Å². The maximum atomic E-state index is 13.1. The van der Waals surface area contributed by atoms with Gasteiger partial charge in [0.05, 0.1) is 11.3 Å². The van der Waals surface area contributed by atoms with Gasteiger partial charge in [0, 0.05) is 16.5 Å². The molecule has 0 fully saturated rings. The van der Waals surface area contributed by atoms with Crippen LogP contribution in [0.3, 0.4) is 0 Å². The van der Waals surface area contributed by atoms with Gasteiger partial charge in [0.15, 0.2) is 5.75 Å². The minimum Gasteiger partial charge on any atom is -0.411 e. The Morgan fingerprint density at radius 2 is 1.91 bits per heavy atom. The zero-order chi connectivity index (χ0) is 24.3. The van der Waals surface area contributed by atoms with Crippen LogP contribution in [-0.4, -0.2) is 16.9 Å². The first kappa shape index (κ1) is 24.6. The third kappa shape index (κ3) is 5.65. The highest BCUT2D eigenvalue weighted by Gasteiger charge is 2.31. The smallest absolute Gasteiger partial charge is 0.411 e. The third-order valence-corrected chi connectivity index (χ3v) is 6.40. The maximum Gasteiger partial charge on any atom is 0.416 e. The molecular weight excluding hydrogens is 455 g/mol. The quantitative estimate of drug-likeness (QED) is 0.171. The van der Waals surface area contributed by atoms with Crippen LogP contribution in [0.2, 0.25) is 0 Å². The lowest BCUT2D eigenvalue weighted by molar-refractivity contribution is -0.211. The van der Waals surface area contributed by atoms with Crippen molar-refractivity contribution in [1.29, 1.82) is 0 Å². The number of fused-ring (bicyclic) bond motifs is 1. The molecule has 33 heavy (non-hydrogen) atoms. The molecule has 5 nitrogen and oxygen atoms in total. The Balaban J connectivity index is 1.85. The topological polar surface area (TPSA) is 68.1 Å². The van der Waals surface area contributed by atoms with Crippen LogP contribution in [0, 0.1) is 6.92 Å². The molecule has 1 aromatic heterocycles. The summed E-state index contributed by atoms with van der Waals surface area (Å²) >= 11 is 1.34. The fourth-order valence-electron chi connectivity index (χ4n) is 3.67. The number of aryl methyl sites for hydroxylation is 2. The summed E-state index contributed by atoms with van der Waals surface area (Å²) in [5, 5.41) is 13.9. The van der Waals surface area contributed by atoms with Crippen molar-refractivity contribution < 1.29 is 32.9 Å². The number of benzene rings is 2. The fraction of sp³-hybridized carbons (Fsp3) is 0.333. The Kier molecular flexibility index (Phi) is 7.31. The minimum absolute atomic E-state index is 0.125. The van der Waals surface area contributed by atoms with Gasteiger partial charge in [-0.1, -0.05) is 25.1 Å². The molecule has 2 aromatic carbocycles. The van der Waals surface area contributed by atoms with Gasteiger partial charge in [-0.3, -0.25) is 9.78 Å². The average Bonchev–Trinajstić information content (AvgIpc) is 3.10. The Labute approximate surface area is 193 Å². The normalized spacial score (nSPS) is 12.4. The lowest BCUT2D eigenvalue weighted by atomic mass is 9.95. The number of hydrogen-bond donors (Lipinski definition) is 1. The van der Waals surface area contributed by atoms with Gasteiger partial charge >= 0.3 is 12.1 Å². The van der Waals surface area contributed by atoms with Gasteiger partial charge < -0.3 is 5.21 Å². The van der Waals surface area contributed by atoms with Gasteiger partial charge in [0.1, 0.15) is 0 Å². The third-order valence-electron chi connectivity index (χ3n) is 5.18. The number of halogens is 3. The van der Waals surface area contributed by atoms with Crippen LogP contribution in [0.5, 0.6) is 5.75 Å². The minimum atomic E-state index is -4.39. The van der Waals surface area contributed by atoms with Gasteiger partial charge in [-0.2, -0.15) is 13.2 Å². The van der Waals surface area contributed by atoms with Gasteiger partial charge in [-0.25, -0.2) is 4.79 Å². The first-order valence-electron chi connectivity index (χ1n) is 10.3. The molecule has 1 heterocycles. The zero-order valence-corrected chi connectivity index (χ0v) is 19.4. The van der Waals surface area contributed by atoms with Crippen LogP contribution >= 0.6 is 11.3 Å². The SMILES string of the molecule is CC(=O)OOc1ccc(C(CCc2sc3cc(C(F)(F)F)ccc3c2C(C)C)=NO)cc1C. The highest BCUT2D eigenvalue weighted by Crippen LogP contribution is 2.40. The monoisotopic (exact) mass is 479 g/mol. The van der Waals surface area contributed by atoms with Crippen molar-refractivity contribution in [2.24, 2.45) is 5.16 Å². The van der Waals surface area contributed by atoms with Crippen LogP contribution in [0.25, 0.3) is 10.1 Å². The second kappa shape index (κ2) is 9.82. The molecule has 3 aromatic rings. The molecular formula is C24H24F3NO4S. The average molecular weight is 480 g/mol. The number of oxime groups is 1. The van der Waals surface area contributed by atoms with Crippen molar-refractivity contribution in [2.45, 2.75) is 52.6 Å². The number of carbonyl (C=O) groups excluding carboxylic acids is 1. The van der Waals surface area contributed by atoms with Gasteiger partial charge in [-0.15, -0.1) is 11.3 Å². The predicted octanol–water partition coefficient (Wildman–Crippen LogP) is 7.02. The van der Waals surface area contributed by atoms with Crippen molar-refractivity contribution in [1.82, 2.24) is 0 Å². The Morgan fingerprint density at radius 3 is 2.48 bits per heavy atom. The summed E-state index contributed by atoms with van der Waals surface area (Å²) < 4.78 is 40.0. The Morgan fingerprint density at radius 1 is 1.18 bits per heavy atom. The van der Waals surface area contributed by atoms with Crippen LogP contribution in [0.15, 0.2) is 41.6 Å². The molecule has 9 heteroatoms. The number of alkyl halides is 3. The molecule has 0 aliphatic carbocycles. The molecule has 3 rings (SSSR count). The van der Waals surface area contributed by atoms with Crippen LogP contribution in [0.4, 0.5) is 13.2 Å². The van der Waals surface area contributed by atoms with E-state index in [2.05, 4.69) is 10.0 Å². The lowest BCUT2D eigenvalue weighted by Crippen LogP contribution is -2.07. The van der Waals surface area contributed by atoms with E-state index in [4.69, 9.17) is 4.89 Å². The lowest BCUT2D eigenvalue weighted by Gasteiger charge is -2.11. The molecule has 0 atom stereocenters. The summed E-state index contributed by atoms with van der Waals surface area (Å²) in [5.41, 5.74) is 2.13. The molecule has 0 saturated heterocycles. The van der Waals surface area contributed by atoms with E-state index in [0.717, 1.165) is 21.9 Å². The van der Waals surface area contributed by atoms with E-state index >= 15 is 0 Å². The number of hydrogen-bond acceptors (Lipinski definition) is 6. The largest absolute Gasteiger partial charge is 0.416 e. The van der Waals surface area contributed by atoms with Crippen LogP contribution in [-0.2, 0) is 22.3 Å². The standard InChI is InChI=1S/C24H24F3NO4S/c1-13(2)23-18-7-6-17(24(25,26)27)12-22(18)33-21(23)10-8-19(28-30)16-5-9-20(14(3)11-16)32-31-15(4)29/h5-7,9,11-13,30H,8,10H2,1-4H3. The molecule has 0 bridgehead atoms. The van der Waals surface area contributed by atoms with E-state index in [1.165, 1.54) is 24.3 Å². The van der Waals surface area contributed by atoms with Gasteiger partial charge in [0.25, 0.3) is 0 Å². The van der Waals surface area contributed by atoms with E-state index in [1.54, 1.807) is 31.2 Å². The van der Waals surface area contributed by atoms with Crippen LogP contribution < -0.4 is 4.89 Å². The maximum absolute atomic E-state index is 13.1. The van der Waals surface area contributed by atoms with Crippen molar-refractivity contribution in [3.8, 4) is 5.75 Å². The molecule has 176 valence electrons. The Hall–Kier alpha value is -3.07.